The van der Waals surface area contributed by atoms with Gasteiger partial charge >= 0.3 is 12.0 Å². The van der Waals surface area contributed by atoms with E-state index in [1.165, 1.54) is 18.9 Å². The SMILES string of the molecule is CC(CN(C)C(=O)NC1CC(F)(c2cccc(Cl)c2)C1)C(=O)O. The lowest BCUT2D eigenvalue weighted by atomic mass is 9.73. The largest absolute Gasteiger partial charge is 0.481 e. The van der Waals surface area contributed by atoms with E-state index in [2.05, 4.69) is 5.32 Å². The molecule has 5 nitrogen and oxygen atoms in total. The first-order valence-corrected chi connectivity index (χ1v) is 7.78. The molecule has 126 valence electrons. The van der Waals surface area contributed by atoms with Gasteiger partial charge in [0.1, 0.15) is 5.67 Å². The quantitative estimate of drug-likeness (QED) is 0.864. The summed E-state index contributed by atoms with van der Waals surface area (Å²) >= 11 is 5.88. The third-order valence-corrected chi connectivity index (χ3v) is 4.36. The summed E-state index contributed by atoms with van der Waals surface area (Å²) in [5, 5.41) is 12.1. The molecule has 0 radical (unpaired) electrons. The van der Waals surface area contributed by atoms with Gasteiger partial charge in [0.05, 0.1) is 5.92 Å². The molecule has 0 spiro atoms. The fraction of sp³-hybridized carbons (Fsp3) is 0.500. The van der Waals surface area contributed by atoms with Crippen LogP contribution in [0.25, 0.3) is 0 Å². The molecule has 1 unspecified atom stereocenters. The molecule has 1 aliphatic rings. The van der Waals surface area contributed by atoms with Crippen molar-refractivity contribution in [3.05, 3.63) is 34.9 Å². The van der Waals surface area contributed by atoms with Gasteiger partial charge in [-0.05, 0) is 17.7 Å². The maximum Gasteiger partial charge on any atom is 0.317 e. The van der Waals surface area contributed by atoms with Crippen LogP contribution in [0.1, 0.15) is 25.3 Å². The second-order valence-corrected chi connectivity index (χ2v) is 6.59. The van der Waals surface area contributed by atoms with Gasteiger partial charge in [-0.1, -0.05) is 30.7 Å². The van der Waals surface area contributed by atoms with Gasteiger partial charge in [-0.3, -0.25) is 4.79 Å². The number of benzene rings is 1. The van der Waals surface area contributed by atoms with E-state index in [0.29, 0.717) is 10.6 Å². The van der Waals surface area contributed by atoms with E-state index >= 15 is 0 Å². The number of aliphatic carboxylic acids is 1. The Balaban J connectivity index is 1.85. The number of halogens is 2. The van der Waals surface area contributed by atoms with Gasteiger partial charge in [-0.2, -0.15) is 0 Å². The maximum absolute atomic E-state index is 14.7. The number of rotatable bonds is 5. The number of hydrogen-bond acceptors (Lipinski definition) is 2. The predicted molar refractivity (Wildman–Crippen MR) is 85.2 cm³/mol. The third kappa shape index (κ3) is 4.13. The van der Waals surface area contributed by atoms with Crippen LogP contribution in [0.2, 0.25) is 5.02 Å². The van der Waals surface area contributed by atoms with Crippen molar-refractivity contribution >= 4 is 23.6 Å². The zero-order valence-corrected chi connectivity index (χ0v) is 13.8. The number of carbonyl (C=O) groups excluding carboxylic acids is 1. The smallest absolute Gasteiger partial charge is 0.317 e. The van der Waals surface area contributed by atoms with Gasteiger partial charge < -0.3 is 15.3 Å². The van der Waals surface area contributed by atoms with Crippen LogP contribution in [0, 0.1) is 5.92 Å². The minimum atomic E-state index is -1.48. The predicted octanol–water partition coefficient (Wildman–Crippen LogP) is 3.03. The second kappa shape index (κ2) is 6.74. The average molecular weight is 343 g/mol. The highest BCUT2D eigenvalue weighted by Gasteiger charge is 2.47. The number of hydrogen-bond donors (Lipinski definition) is 2. The Kier molecular flexibility index (Phi) is 5.14. The summed E-state index contributed by atoms with van der Waals surface area (Å²) in [5.41, 5.74) is -0.959. The van der Waals surface area contributed by atoms with Gasteiger partial charge in [0.25, 0.3) is 0 Å². The Morgan fingerprint density at radius 1 is 1.52 bits per heavy atom. The standard InChI is InChI=1S/C16H20ClFN2O3/c1-10(14(21)22)9-20(2)15(23)19-13-7-16(18,8-13)11-4-3-5-12(17)6-11/h3-6,10,13H,7-9H2,1-2H3,(H,19,23)(H,21,22). The molecule has 1 aliphatic carbocycles. The zero-order valence-electron chi connectivity index (χ0n) is 13.1. The van der Waals surface area contributed by atoms with Crippen LogP contribution >= 0.6 is 11.6 Å². The number of carboxylic acids is 1. The Morgan fingerprint density at radius 2 is 2.17 bits per heavy atom. The van der Waals surface area contributed by atoms with E-state index in [4.69, 9.17) is 16.7 Å². The number of carbonyl (C=O) groups is 2. The molecule has 0 heterocycles. The van der Waals surface area contributed by atoms with E-state index in [0.717, 1.165) is 0 Å². The van der Waals surface area contributed by atoms with Crippen molar-refractivity contribution in [2.24, 2.45) is 5.92 Å². The first kappa shape index (κ1) is 17.5. The summed E-state index contributed by atoms with van der Waals surface area (Å²) in [6, 6.07) is 6.01. The van der Waals surface area contributed by atoms with E-state index in [-0.39, 0.29) is 25.4 Å². The topological polar surface area (TPSA) is 69.6 Å². The Labute approximate surface area is 139 Å². The molecular formula is C16H20ClFN2O3. The molecule has 1 aromatic carbocycles. The summed E-state index contributed by atoms with van der Waals surface area (Å²) in [6.45, 7) is 1.63. The van der Waals surface area contributed by atoms with Crippen molar-refractivity contribution in [1.82, 2.24) is 10.2 Å². The number of carboxylic acid groups (broad SMARTS) is 1. The maximum atomic E-state index is 14.7. The molecule has 7 heteroatoms. The molecule has 1 fully saturated rings. The third-order valence-electron chi connectivity index (χ3n) is 4.13. The van der Waals surface area contributed by atoms with Gasteiger partial charge in [0, 0.05) is 37.5 Å². The number of urea groups is 1. The first-order chi connectivity index (χ1) is 10.7. The number of amides is 2. The molecule has 2 amide bonds. The lowest BCUT2D eigenvalue weighted by molar-refractivity contribution is -0.141. The Bertz CT molecular complexity index is 605. The van der Waals surface area contributed by atoms with E-state index in [1.807, 2.05) is 0 Å². The van der Waals surface area contributed by atoms with Crippen molar-refractivity contribution in [2.75, 3.05) is 13.6 Å². The van der Waals surface area contributed by atoms with Crippen LogP contribution in [0.15, 0.2) is 24.3 Å². The molecule has 0 bridgehead atoms. The molecule has 1 atom stereocenters. The molecular weight excluding hydrogens is 323 g/mol. The zero-order chi connectivity index (χ0) is 17.2. The summed E-state index contributed by atoms with van der Waals surface area (Å²) in [5.74, 6) is -1.61. The van der Waals surface area contributed by atoms with Crippen LogP contribution in [0.5, 0.6) is 0 Å². The summed E-state index contributed by atoms with van der Waals surface area (Å²) in [4.78, 5) is 24.1. The van der Waals surface area contributed by atoms with Crippen LogP contribution in [-0.2, 0) is 10.5 Å². The Hall–Kier alpha value is -1.82. The van der Waals surface area contributed by atoms with Crippen molar-refractivity contribution < 1.29 is 19.1 Å². The van der Waals surface area contributed by atoms with Crippen LogP contribution in [0.3, 0.4) is 0 Å². The van der Waals surface area contributed by atoms with E-state index in [9.17, 15) is 14.0 Å². The van der Waals surface area contributed by atoms with Crippen LogP contribution < -0.4 is 5.32 Å². The van der Waals surface area contributed by atoms with Gasteiger partial charge in [-0.15, -0.1) is 0 Å². The molecule has 0 aromatic heterocycles. The lowest BCUT2D eigenvalue weighted by Crippen LogP contribution is -2.54. The lowest BCUT2D eigenvalue weighted by Gasteiger charge is -2.42. The van der Waals surface area contributed by atoms with Crippen molar-refractivity contribution in [3.8, 4) is 0 Å². The van der Waals surface area contributed by atoms with Gasteiger partial charge in [-0.25, -0.2) is 9.18 Å². The van der Waals surface area contributed by atoms with Crippen molar-refractivity contribution in [1.29, 1.82) is 0 Å². The highest BCUT2D eigenvalue weighted by molar-refractivity contribution is 6.30. The van der Waals surface area contributed by atoms with Crippen molar-refractivity contribution in [3.63, 3.8) is 0 Å². The van der Waals surface area contributed by atoms with Crippen LogP contribution in [-0.4, -0.2) is 41.6 Å². The second-order valence-electron chi connectivity index (χ2n) is 6.15. The number of nitrogens with one attached hydrogen (secondary N) is 1. The van der Waals surface area contributed by atoms with Crippen molar-refractivity contribution in [2.45, 2.75) is 31.5 Å². The molecule has 0 saturated heterocycles. The molecule has 1 saturated carbocycles. The normalized spacial score (nSPS) is 24.4. The van der Waals surface area contributed by atoms with Gasteiger partial charge in [0.15, 0.2) is 0 Å². The van der Waals surface area contributed by atoms with E-state index < -0.39 is 23.6 Å². The summed E-state index contributed by atoms with van der Waals surface area (Å²) in [7, 11) is 1.52. The molecule has 0 aliphatic heterocycles. The first-order valence-electron chi connectivity index (χ1n) is 7.40. The summed E-state index contributed by atoms with van der Waals surface area (Å²) in [6.07, 6.45) is 0.364. The number of alkyl halides is 1. The molecule has 2 N–H and O–H groups in total. The Morgan fingerprint density at radius 3 is 2.74 bits per heavy atom. The molecule has 23 heavy (non-hydrogen) atoms. The molecule has 1 aromatic rings. The van der Waals surface area contributed by atoms with E-state index in [1.54, 1.807) is 24.3 Å². The highest BCUT2D eigenvalue weighted by atomic mass is 35.5. The fourth-order valence-electron chi connectivity index (χ4n) is 2.68. The monoisotopic (exact) mass is 342 g/mol. The summed E-state index contributed by atoms with van der Waals surface area (Å²) < 4.78 is 14.7. The number of nitrogens with zero attached hydrogens (tertiary/aromatic N) is 1. The molecule has 2 rings (SSSR count). The van der Waals surface area contributed by atoms with Crippen LogP contribution in [0.4, 0.5) is 9.18 Å². The minimum absolute atomic E-state index is 0.100. The average Bonchev–Trinajstić information content (AvgIpc) is 2.45. The van der Waals surface area contributed by atoms with Gasteiger partial charge in [0.2, 0.25) is 0 Å². The minimum Gasteiger partial charge on any atom is -0.481 e. The highest BCUT2D eigenvalue weighted by Crippen LogP contribution is 2.45. The fourth-order valence-corrected chi connectivity index (χ4v) is 2.87.